The first-order valence-corrected chi connectivity index (χ1v) is 6.08. The third-order valence-corrected chi connectivity index (χ3v) is 3.20. The van der Waals surface area contributed by atoms with Gasteiger partial charge < -0.3 is 0 Å². The summed E-state index contributed by atoms with van der Waals surface area (Å²) in [6, 6.07) is 1.92. The first kappa shape index (κ1) is 10.6. The molecule has 0 unspecified atom stereocenters. The Kier molecular flexibility index (Phi) is 2.51. The molecule has 1 aliphatic rings. The summed E-state index contributed by atoms with van der Waals surface area (Å²) in [7, 11) is 0. The molecule has 6 heteroatoms. The summed E-state index contributed by atoms with van der Waals surface area (Å²) in [5.41, 5.74) is 0.969. The van der Waals surface area contributed by atoms with E-state index in [0.717, 1.165) is 17.3 Å². The summed E-state index contributed by atoms with van der Waals surface area (Å²) in [5.74, 6) is 2.42. The van der Waals surface area contributed by atoms with Crippen LogP contribution in [-0.4, -0.2) is 24.7 Å². The Labute approximate surface area is 104 Å². The predicted molar refractivity (Wildman–Crippen MR) is 65.3 cm³/mol. The molecule has 0 radical (unpaired) electrons. The number of aromatic amines is 1. The lowest BCUT2D eigenvalue weighted by Gasteiger charge is -2.05. The minimum absolute atomic E-state index is 0.575. The molecule has 1 saturated carbocycles. The summed E-state index contributed by atoms with van der Waals surface area (Å²) >= 11 is 5.25. The number of H-pyrrole nitrogens is 1. The molecule has 2 aromatic heterocycles. The van der Waals surface area contributed by atoms with Gasteiger partial charge in [0.25, 0.3) is 0 Å². The van der Waals surface area contributed by atoms with Gasteiger partial charge in [0.15, 0.2) is 4.77 Å². The van der Waals surface area contributed by atoms with Gasteiger partial charge in [0, 0.05) is 12.1 Å². The van der Waals surface area contributed by atoms with Crippen molar-refractivity contribution in [3.63, 3.8) is 0 Å². The van der Waals surface area contributed by atoms with Gasteiger partial charge in [-0.15, -0.1) is 0 Å². The number of nitrogens with one attached hydrogen (secondary N) is 1. The van der Waals surface area contributed by atoms with Crippen molar-refractivity contribution < 1.29 is 0 Å². The molecular formula is C11H13N5S. The van der Waals surface area contributed by atoms with Gasteiger partial charge in [-0.2, -0.15) is 5.10 Å². The van der Waals surface area contributed by atoms with E-state index in [0.29, 0.717) is 17.2 Å². The van der Waals surface area contributed by atoms with Gasteiger partial charge in [0.2, 0.25) is 0 Å². The molecule has 0 saturated heterocycles. The Morgan fingerprint density at radius 2 is 2.35 bits per heavy atom. The smallest absolute Gasteiger partial charge is 0.195 e. The van der Waals surface area contributed by atoms with Crippen LogP contribution in [0.25, 0.3) is 0 Å². The molecule has 88 valence electrons. The van der Waals surface area contributed by atoms with E-state index < -0.39 is 0 Å². The summed E-state index contributed by atoms with van der Waals surface area (Å²) in [6.45, 7) is 2.56. The molecule has 1 fully saturated rings. The molecule has 0 aliphatic heterocycles. The Balaban J connectivity index is 1.94. The standard InChI is InChI=1S/C11H13N5S/c1-7-12-5-4-9(13-7)6-16-10(8-2-3-8)14-15-11(16)17/h4-5,8H,2-3,6H2,1H3,(H,15,17). The van der Waals surface area contributed by atoms with E-state index in [1.807, 2.05) is 17.6 Å². The maximum Gasteiger partial charge on any atom is 0.195 e. The first-order valence-electron chi connectivity index (χ1n) is 5.67. The highest BCUT2D eigenvalue weighted by atomic mass is 32.1. The van der Waals surface area contributed by atoms with Gasteiger partial charge in [-0.3, -0.25) is 9.67 Å². The van der Waals surface area contributed by atoms with Crippen LogP contribution in [0.1, 0.15) is 36.1 Å². The third kappa shape index (κ3) is 2.12. The van der Waals surface area contributed by atoms with Crippen LogP contribution in [0.2, 0.25) is 0 Å². The maximum absolute atomic E-state index is 5.25. The molecule has 1 aliphatic carbocycles. The molecule has 0 amide bonds. The number of aromatic nitrogens is 5. The average molecular weight is 247 g/mol. The van der Waals surface area contributed by atoms with Crippen molar-refractivity contribution in [2.24, 2.45) is 0 Å². The van der Waals surface area contributed by atoms with Crippen LogP contribution in [0.5, 0.6) is 0 Å². The predicted octanol–water partition coefficient (Wildman–Crippen LogP) is 1.96. The SMILES string of the molecule is Cc1nccc(Cn2c(C3CC3)n[nH]c2=S)n1. The highest BCUT2D eigenvalue weighted by molar-refractivity contribution is 7.71. The molecule has 2 heterocycles. The lowest BCUT2D eigenvalue weighted by atomic mass is 10.3. The average Bonchev–Trinajstić information content (AvgIpc) is 3.07. The Hall–Kier alpha value is -1.56. The second kappa shape index (κ2) is 4.03. The van der Waals surface area contributed by atoms with Crippen LogP contribution in [0.15, 0.2) is 12.3 Å². The molecule has 0 atom stereocenters. The number of hydrogen-bond acceptors (Lipinski definition) is 4. The molecule has 0 aromatic carbocycles. The van der Waals surface area contributed by atoms with Gasteiger partial charge in [-0.1, -0.05) is 0 Å². The van der Waals surface area contributed by atoms with Crippen molar-refractivity contribution in [3.05, 3.63) is 34.4 Å². The molecule has 0 bridgehead atoms. The molecule has 0 spiro atoms. The van der Waals surface area contributed by atoms with Gasteiger partial charge in [-0.05, 0) is 38.0 Å². The number of aryl methyl sites for hydroxylation is 1. The monoisotopic (exact) mass is 247 g/mol. The zero-order chi connectivity index (χ0) is 11.8. The van der Waals surface area contributed by atoms with Crippen LogP contribution in [0.3, 0.4) is 0 Å². The second-order valence-electron chi connectivity index (χ2n) is 4.34. The Bertz CT molecular complexity index is 596. The van der Waals surface area contributed by atoms with E-state index in [1.54, 1.807) is 6.20 Å². The van der Waals surface area contributed by atoms with E-state index in [1.165, 1.54) is 12.8 Å². The van der Waals surface area contributed by atoms with Gasteiger partial charge >= 0.3 is 0 Å². The second-order valence-corrected chi connectivity index (χ2v) is 4.73. The third-order valence-electron chi connectivity index (χ3n) is 2.88. The minimum atomic E-state index is 0.575. The molecule has 3 rings (SSSR count). The van der Waals surface area contributed by atoms with Crippen LogP contribution in [-0.2, 0) is 6.54 Å². The summed E-state index contributed by atoms with van der Waals surface area (Å²) in [6.07, 6.45) is 4.20. The van der Waals surface area contributed by atoms with Gasteiger partial charge in [0.05, 0.1) is 12.2 Å². The summed E-state index contributed by atoms with van der Waals surface area (Å²) in [4.78, 5) is 8.48. The van der Waals surface area contributed by atoms with E-state index in [4.69, 9.17) is 12.2 Å². The quantitative estimate of drug-likeness (QED) is 0.842. The largest absolute Gasteiger partial charge is 0.298 e. The van der Waals surface area contributed by atoms with Crippen LogP contribution >= 0.6 is 12.2 Å². The van der Waals surface area contributed by atoms with Gasteiger partial charge in [0.1, 0.15) is 11.6 Å². The lowest BCUT2D eigenvalue weighted by molar-refractivity contribution is 0.699. The molecule has 2 aromatic rings. The molecular weight excluding hydrogens is 234 g/mol. The van der Waals surface area contributed by atoms with Crippen molar-refractivity contribution >= 4 is 12.2 Å². The van der Waals surface area contributed by atoms with Crippen LogP contribution in [0, 0.1) is 11.7 Å². The normalized spacial score (nSPS) is 15.1. The van der Waals surface area contributed by atoms with E-state index in [9.17, 15) is 0 Å². The zero-order valence-electron chi connectivity index (χ0n) is 9.55. The lowest BCUT2D eigenvalue weighted by Crippen LogP contribution is -2.07. The fraction of sp³-hybridized carbons (Fsp3) is 0.455. The van der Waals surface area contributed by atoms with Gasteiger partial charge in [-0.25, -0.2) is 9.97 Å². The molecule has 5 nitrogen and oxygen atoms in total. The van der Waals surface area contributed by atoms with Crippen molar-refractivity contribution in [1.82, 2.24) is 24.7 Å². The molecule has 17 heavy (non-hydrogen) atoms. The van der Waals surface area contributed by atoms with Crippen molar-refractivity contribution in [2.75, 3.05) is 0 Å². The van der Waals surface area contributed by atoms with Crippen LogP contribution in [0.4, 0.5) is 0 Å². The summed E-state index contributed by atoms with van der Waals surface area (Å²) < 4.78 is 2.71. The zero-order valence-corrected chi connectivity index (χ0v) is 10.4. The summed E-state index contributed by atoms with van der Waals surface area (Å²) in [5, 5.41) is 7.16. The van der Waals surface area contributed by atoms with Crippen molar-refractivity contribution in [1.29, 1.82) is 0 Å². The number of hydrogen-bond donors (Lipinski definition) is 1. The fourth-order valence-corrected chi connectivity index (χ4v) is 2.09. The van der Waals surface area contributed by atoms with E-state index in [-0.39, 0.29) is 0 Å². The Morgan fingerprint density at radius 1 is 1.53 bits per heavy atom. The number of nitrogens with zero attached hydrogens (tertiary/aromatic N) is 4. The maximum atomic E-state index is 5.25. The fourth-order valence-electron chi connectivity index (χ4n) is 1.89. The highest BCUT2D eigenvalue weighted by Gasteiger charge is 2.29. The van der Waals surface area contributed by atoms with Crippen LogP contribution < -0.4 is 0 Å². The molecule has 1 N–H and O–H groups in total. The van der Waals surface area contributed by atoms with Crippen molar-refractivity contribution in [3.8, 4) is 0 Å². The van der Waals surface area contributed by atoms with E-state index in [2.05, 4.69) is 20.2 Å². The minimum Gasteiger partial charge on any atom is -0.298 e. The topological polar surface area (TPSA) is 59.4 Å². The Morgan fingerprint density at radius 3 is 3.06 bits per heavy atom. The number of rotatable bonds is 3. The van der Waals surface area contributed by atoms with E-state index >= 15 is 0 Å². The highest BCUT2D eigenvalue weighted by Crippen LogP contribution is 2.38. The first-order chi connectivity index (χ1) is 8.24. The van der Waals surface area contributed by atoms with Crippen molar-refractivity contribution in [2.45, 2.75) is 32.2 Å².